The van der Waals surface area contributed by atoms with Gasteiger partial charge in [-0.1, -0.05) is 24.6 Å². The number of hydrogen-bond donors (Lipinski definition) is 2. The second-order valence-corrected chi connectivity index (χ2v) is 4.45. The van der Waals surface area contributed by atoms with Crippen molar-refractivity contribution >= 4 is 11.9 Å². The van der Waals surface area contributed by atoms with Gasteiger partial charge in [0.05, 0.1) is 12.5 Å². The van der Waals surface area contributed by atoms with Crippen LogP contribution in [0.2, 0.25) is 0 Å². The summed E-state index contributed by atoms with van der Waals surface area (Å²) in [5.41, 5.74) is 1.25. The van der Waals surface area contributed by atoms with E-state index in [-0.39, 0.29) is 18.7 Å². The van der Waals surface area contributed by atoms with Crippen molar-refractivity contribution in [2.75, 3.05) is 6.54 Å². The van der Waals surface area contributed by atoms with Gasteiger partial charge in [-0.3, -0.25) is 9.59 Å². The molecule has 0 radical (unpaired) electrons. The van der Waals surface area contributed by atoms with Gasteiger partial charge in [-0.2, -0.15) is 5.26 Å². The topological polar surface area (TPSA) is 90.2 Å². The molecule has 1 amide bonds. The average Bonchev–Trinajstić information content (AvgIpc) is 2.43. The van der Waals surface area contributed by atoms with Crippen molar-refractivity contribution in [3.05, 3.63) is 35.4 Å². The second kappa shape index (κ2) is 8.70. The molecule has 106 valence electrons. The van der Waals surface area contributed by atoms with E-state index in [1.807, 2.05) is 6.07 Å². The van der Waals surface area contributed by atoms with Gasteiger partial charge in [0.15, 0.2) is 0 Å². The van der Waals surface area contributed by atoms with Crippen LogP contribution >= 0.6 is 0 Å². The van der Waals surface area contributed by atoms with E-state index in [1.165, 1.54) is 0 Å². The number of amides is 1. The highest BCUT2D eigenvalue weighted by Gasteiger charge is 2.09. The van der Waals surface area contributed by atoms with E-state index >= 15 is 0 Å². The maximum Gasteiger partial charge on any atom is 0.303 e. The minimum Gasteiger partial charge on any atom is -0.481 e. The molecule has 0 spiro atoms. The van der Waals surface area contributed by atoms with Crippen LogP contribution in [0.5, 0.6) is 0 Å². The summed E-state index contributed by atoms with van der Waals surface area (Å²) in [5, 5.41) is 20.0. The maximum atomic E-state index is 12.0. The van der Waals surface area contributed by atoms with Gasteiger partial charge < -0.3 is 10.4 Å². The Morgan fingerprint density at radius 2 is 1.95 bits per heavy atom. The number of carbonyl (C=O) groups is 2. The molecule has 0 saturated heterocycles. The van der Waals surface area contributed by atoms with Crippen LogP contribution < -0.4 is 5.32 Å². The number of aliphatic carboxylic acids is 1. The first-order valence-electron chi connectivity index (χ1n) is 6.60. The van der Waals surface area contributed by atoms with Crippen LogP contribution in [0, 0.1) is 11.3 Å². The minimum absolute atomic E-state index is 0.166. The van der Waals surface area contributed by atoms with Crippen LogP contribution in [0.4, 0.5) is 0 Å². The average molecular weight is 274 g/mol. The van der Waals surface area contributed by atoms with Gasteiger partial charge >= 0.3 is 5.97 Å². The molecule has 1 rings (SSSR count). The first-order chi connectivity index (χ1) is 9.65. The van der Waals surface area contributed by atoms with Crippen LogP contribution in [-0.4, -0.2) is 23.5 Å². The molecule has 0 bridgehead atoms. The van der Waals surface area contributed by atoms with Crippen LogP contribution in [-0.2, 0) is 11.2 Å². The maximum absolute atomic E-state index is 12.0. The number of hydrogen-bond acceptors (Lipinski definition) is 3. The monoisotopic (exact) mass is 274 g/mol. The molecule has 0 heterocycles. The summed E-state index contributed by atoms with van der Waals surface area (Å²) in [7, 11) is 0. The first-order valence-corrected chi connectivity index (χ1v) is 6.60. The first kappa shape index (κ1) is 15.7. The zero-order valence-electron chi connectivity index (χ0n) is 11.3. The molecule has 0 unspecified atom stereocenters. The van der Waals surface area contributed by atoms with E-state index in [2.05, 4.69) is 5.32 Å². The molecule has 0 aliphatic carbocycles. The van der Waals surface area contributed by atoms with Gasteiger partial charge in [0.2, 0.25) is 0 Å². The Bertz CT molecular complexity index is 506. The highest BCUT2D eigenvalue weighted by molar-refractivity contribution is 5.95. The van der Waals surface area contributed by atoms with Crippen molar-refractivity contribution in [1.29, 1.82) is 5.26 Å². The lowest BCUT2D eigenvalue weighted by Crippen LogP contribution is -2.25. The van der Waals surface area contributed by atoms with Crippen molar-refractivity contribution in [1.82, 2.24) is 5.32 Å². The predicted octanol–water partition coefficient (Wildman–Crippen LogP) is 2.13. The number of unbranched alkanes of at least 4 members (excludes halogenated alkanes) is 2. The summed E-state index contributed by atoms with van der Waals surface area (Å²) in [6, 6.07) is 9.08. The Balaban J connectivity index is 2.36. The van der Waals surface area contributed by atoms with Gasteiger partial charge in [-0.25, -0.2) is 0 Å². The van der Waals surface area contributed by atoms with E-state index in [0.29, 0.717) is 18.5 Å². The molecule has 0 atom stereocenters. The third-order valence-corrected chi connectivity index (χ3v) is 2.88. The Hall–Kier alpha value is -2.35. The normalized spacial score (nSPS) is 9.75. The van der Waals surface area contributed by atoms with Gasteiger partial charge in [0.1, 0.15) is 0 Å². The molecule has 1 aromatic rings. The molecule has 0 fully saturated rings. The zero-order valence-corrected chi connectivity index (χ0v) is 11.3. The summed E-state index contributed by atoms with van der Waals surface area (Å²) in [5.74, 6) is -0.978. The summed E-state index contributed by atoms with van der Waals surface area (Å²) in [6.07, 6.45) is 2.52. The predicted molar refractivity (Wildman–Crippen MR) is 74.2 cm³/mol. The lowest BCUT2D eigenvalue weighted by molar-refractivity contribution is -0.137. The Morgan fingerprint density at radius 3 is 2.65 bits per heavy atom. The molecular weight excluding hydrogens is 256 g/mol. The van der Waals surface area contributed by atoms with E-state index < -0.39 is 5.97 Å². The quantitative estimate of drug-likeness (QED) is 0.710. The smallest absolute Gasteiger partial charge is 0.303 e. The fourth-order valence-corrected chi connectivity index (χ4v) is 1.86. The molecule has 0 aliphatic rings. The third kappa shape index (κ3) is 5.53. The Morgan fingerprint density at radius 1 is 1.20 bits per heavy atom. The Kier molecular flexibility index (Phi) is 6.83. The molecule has 5 nitrogen and oxygen atoms in total. The summed E-state index contributed by atoms with van der Waals surface area (Å²) in [4.78, 5) is 22.3. The van der Waals surface area contributed by atoms with Crippen LogP contribution in [0.3, 0.4) is 0 Å². The molecule has 1 aromatic carbocycles. The fraction of sp³-hybridized carbons (Fsp3) is 0.400. The molecule has 0 saturated carbocycles. The molecule has 0 aromatic heterocycles. The number of nitriles is 1. The highest BCUT2D eigenvalue weighted by Crippen LogP contribution is 2.09. The van der Waals surface area contributed by atoms with Crippen molar-refractivity contribution in [3.8, 4) is 6.07 Å². The summed E-state index contributed by atoms with van der Waals surface area (Å²) in [6.45, 7) is 0.513. The largest absolute Gasteiger partial charge is 0.481 e. The van der Waals surface area contributed by atoms with Crippen LogP contribution in [0.15, 0.2) is 24.3 Å². The molecule has 0 aliphatic heterocycles. The zero-order chi connectivity index (χ0) is 14.8. The lowest BCUT2D eigenvalue weighted by Gasteiger charge is -2.08. The van der Waals surface area contributed by atoms with Crippen molar-refractivity contribution in [2.24, 2.45) is 0 Å². The van der Waals surface area contributed by atoms with Gasteiger partial charge in [0.25, 0.3) is 5.91 Å². The number of carbonyl (C=O) groups excluding carboxylic acids is 1. The fourth-order valence-electron chi connectivity index (χ4n) is 1.86. The third-order valence-electron chi connectivity index (χ3n) is 2.88. The number of benzene rings is 1. The van der Waals surface area contributed by atoms with Crippen LogP contribution in [0.1, 0.15) is 41.6 Å². The lowest BCUT2D eigenvalue weighted by atomic mass is 10.0. The van der Waals surface area contributed by atoms with E-state index in [0.717, 1.165) is 18.4 Å². The van der Waals surface area contributed by atoms with Crippen molar-refractivity contribution < 1.29 is 14.7 Å². The number of carboxylic acids is 1. The van der Waals surface area contributed by atoms with Gasteiger partial charge in [0, 0.05) is 18.5 Å². The molecule has 5 heteroatoms. The van der Waals surface area contributed by atoms with Crippen molar-refractivity contribution in [3.63, 3.8) is 0 Å². The summed E-state index contributed by atoms with van der Waals surface area (Å²) >= 11 is 0. The van der Waals surface area contributed by atoms with E-state index in [4.69, 9.17) is 10.4 Å². The SMILES string of the molecule is N#CCc1ccccc1C(=O)NCCCCCC(=O)O. The standard InChI is InChI=1S/C15H18N2O3/c16-10-9-12-6-3-4-7-13(12)15(20)17-11-5-1-2-8-14(18)19/h3-4,6-7H,1-2,5,8-9,11H2,(H,17,20)(H,18,19). The number of nitrogens with zero attached hydrogens (tertiary/aromatic N) is 1. The minimum atomic E-state index is -0.792. The van der Waals surface area contributed by atoms with Gasteiger partial charge in [-0.05, 0) is 24.5 Å². The van der Waals surface area contributed by atoms with Gasteiger partial charge in [-0.15, -0.1) is 0 Å². The number of nitrogens with one attached hydrogen (secondary N) is 1. The second-order valence-electron chi connectivity index (χ2n) is 4.45. The van der Waals surface area contributed by atoms with E-state index in [1.54, 1.807) is 24.3 Å². The number of rotatable bonds is 8. The molecule has 20 heavy (non-hydrogen) atoms. The molecular formula is C15H18N2O3. The van der Waals surface area contributed by atoms with Crippen molar-refractivity contribution in [2.45, 2.75) is 32.1 Å². The Labute approximate surface area is 118 Å². The number of carboxylic acid groups (broad SMARTS) is 1. The molecule has 2 N–H and O–H groups in total. The summed E-state index contributed by atoms with van der Waals surface area (Å²) < 4.78 is 0. The van der Waals surface area contributed by atoms with Crippen LogP contribution in [0.25, 0.3) is 0 Å². The van der Waals surface area contributed by atoms with E-state index in [9.17, 15) is 9.59 Å². The highest BCUT2D eigenvalue weighted by atomic mass is 16.4.